The summed E-state index contributed by atoms with van der Waals surface area (Å²) in [5, 5.41) is 2.65. The molecule has 2 unspecified atom stereocenters. The van der Waals surface area contributed by atoms with Crippen LogP contribution in [0.1, 0.15) is 19.3 Å². The average Bonchev–Trinajstić information content (AvgIpc) is 3.02. The van der Waals surface area contributed by atoms with Gasteiger partial charge in [0, 0.05) is 25.7 Å². The van der Waals surface area contributed by atoms with Crippen LogP contribution in [0.15, 0.2) is 0 Å². The van der Waals surface area contributed by atoms with Crippen molar-refractivity contribution >= 4 is 25.8 Å². The molecule has 0 aliphatic carbocycles. The first-order valence-corrected chi connectivity index (χ1v) is 10.9. The Balaban J connectivity index is 1.89. The molecule has 1 amide bonds. The summed E-state index contributed by atoms with van der Waals surface area (Å²) in [7, 11) is -6.70. The number of sulfone groups is 1. The van der Waals surface area contributed by atoms with Crippen molar-refractivity contribution in [3.63, 3.8) is 0 Å². The number of ether oxygens (including phenoxy) is 1. The van der Waals surface area contributed by atoms with Crippen LogP contribution in [0.2, 0.25) is 0 Å². The van der Waals surface area contributed by atoms with E-state index in [2.05, 4.69) is 5.32 Å². The summed E-state index contributed by atoms with van der Waals surface area (Å²) in [6.45, 7) is 0.771. The third-order valence-electron chi connectivity index (χ3n) is 3.90. The molecule has 2 saturated heterocycles. The van der Waals surface area contributed by atoms with Crippen LogP contribution in [0.5, 0.6) is 0 Å². The second kappa shape index (κ2) is 6.81. The zero-order valence-electron chi connectivity index (χ0n) is 12.5. The van der Waals surface area contributed by atoms with Crippen molar-refractivity contribution in [3.8, 4) is 0 Å². The van der Waals surface area contributed by atoms with E-state index in [0.717, 1.165) is 12.7 Å². The fourth-order valence-corrected chi connectivity index (χ4v) is 5.78. The quantitative estimate of drug-likeness (QED) is 0.637. The Hall–Kier alpha value is -0.710. The molecular formula is C12H22N2O6S2. The molecule has 2 aliphatic rings. The second-order valence-corrected chi connectivity index (χ2v) is 9.89. The van der Waals surface area contributed by atoms with Crippen LogP contribution >= 0.6 is 0 Å². The van der Waals surface area contributed by atoms with Crippen molar-refractivity contribution < 1.29 is 26.4 Å². The minimum Gasteiger partial charge on any atom is -0.368 e. The molecule has 1 N–H and O–H groups in total. The third kappa shape index (κ3) is 4.64. The fourth-order valence-electron chi connectivity index (χ4n) is 2.81. The maximum Gasteiger partial charge on any atom is 0.249 e. The topological polar surface area (TPSA) is 110 Å². The molecule has 0 aromatic heterocycles. The predicted octanol–water partition coefficient (Wildman–Crippen LogP) is -1.27. The molecule has 2 rings (SSSR count). The van der Waals surface area contributed by atoms with Crippen LogP contribution < -0.4 is 5.32 Å². The first-order chi connectivity index (χ1) is 10.2. The molecule has 10 heteroatoms. The molecular weight excluding hydrogens is 332 g/mol. The summed E-state index contributed by atoms with van der Waals surface area (Å²) in [6, 6.07) is -0.542. The highest BCUT2D eigenvalue weighted by Crippen LogP contribution is 2.19. The van der Waals surface area contributed by atoms with E-state index in [0.29, 0.717) is 19.4 Å². The summed E-state index contributed by atoms with van der Waals surface area (Å²) in [6.07, 6.45) is 2.41. The van der Waals surface area contributed by atoms with Gasteiger partial charge in [0.05, 0.1) is 17.8 Å². The highest BCUT2D eigenvalue weighted by atomic mass is 32.2. The highest BCUT2D eigenvalue weighted by Gasteiger charge is 2.36. The predicted molar refractivity (Wildman–Crippen MR) is 80.6 cm³/mol. The zero-order chi connectivity index (χ0) is 16.4. The van der Waals surface area contributed by atoms with Crippen molar-refractivity contribution in [2.75, 3.05) is 37.5 Å². The van der Waals surface area contributed by atoms with Crippen LogP contribution in [0.25, 0.3) is 0 Å². The number of hydrogen-bond donors (Lipinski definition) is 1. The van der Waals surface area contributed by atoms with Crippen LogP contribution in [-0.2, 0) is 29.4 Å². The lowest BCUT2D eigenvalue weighted by atomic mass is 10.2. The van der Waals surface area contributed by atoms with Crippen molar-refractivity contribution in [2.45, 2.75) is 31.4 Å². The molecule has 2 aliphatic heterocycles. The summed E-state index contributed by atoms with van der Waals surface area (Å²) in [5.74, 6) is -0.392. The van der Waals surface area contributed by atoms with Gasteiger partial charge in [0.2, 0.25) is 15.9 Å². The maximum atomic E-state index is 11.9. The second-order valence-electron chi connectivity index (χ2n) is 5.72. The number of carbonyl (C=O) groups is 1. The molecule has 8 nitrogen and oxygen atoms in total. The lowest BCUT2D eigenvalue weighted by Gasteiger charge is -2.25. The van der Waals surface area contributed by atoms with Crippen molar-refractivity contribution in [1.82, 2.24) is 9.62 Å². The largest absolute Gasteiger partial charge is 0.368 e. The van der Waals surface area contributed by atoms with Crippen molar-refractivity contribution in [2.24, 2.45) is 0 Å². The number of nitrogens with one attached hydrogen (secondary N) is 1. The van der Waals surface area contributed by atoms with Gasteiger partial charge >= 0.3 is 0 Å². The van der Waals surface area contributed by atoms with Crippen molar-refractivity contribution in [1.29, 1.82) is 0 Å². The van der Waals surface area contributed by atoms with Gasteiger partial charge in [0.15, 0.2) is 9.84 Å². The van der Waals surface area contributed by atoms with Gasteiger partial charge in [-0.05, 0) is 19.3 Å². The van der Waals surface area contributed by atoms with Gasteiger partial charge in [-0.3, -0.25) is 4.79 Å². The Labute approximate surface area is 131 Å². The first kappa shape index (κ1) is 17.6. The SMILES string of the molecule is CS(=O)(=O)N(CCNC(=O)C1CCCO1)C1CCS(=O)(=O)C1. The Morgan fingerprint density at radius 3 is 2.59 bits per heavy atom. The van der Waals surface area contributed by atoms with Crippen LogP contribution in [0.4, 0.5) is 0 Å². The molecule has 128 valence electrons. The molecule has 0 spiro atoms. The Bertz CT molecular complexity index is 610. The maximum absolute atomic E-state index is 11.9. The number of nitrogens with zero attached hydrogens (tertiary/aromatic N) is 1. The average molecular weight is 354 g/mol. The van der Waals surface area contributed by atoms with Gasteiger partial charge in [0.1, 0.15) is 6.10 Å². The van der Waals surface area contributed by atoms with Crippen molar-refractivity contribution in [3.05, 3.63) is 0 Å². The highest BCUT2D eigenvalue weighted by molar-refractivity contribution is 7.92. The number of sulfonamides is 1. The lowest BCUT2D eigenvalue weighted by Crippen LogP contribution is -2.46. The molecule has 2 fully saturated rings. The molecule has 0 radical (unpaired) electrons. The number of carbonyl (C=O) groups excluding carboxylic acids is 1. The Morgan fingerprint density at radius 1 is 1.36 bits per heavy atom. The van der Waals surface area contributed by atoms with Gasteiger partial charge < -0.3 is 10.1 Å². The van der Waals surface area contributed by atoms with Crippen LogP contribution in [-0.4, -0.2) is 76.7 Å². The van der Waals surface area contributed by atoms with E-state index in [1.165, 1.54) is 4.31 Å². The van der Waals surface area contributed by atoms with E-state index >= 15 is 0 Å². The zero-order valence-corrected chi connectivity index (χ0v) is 14.2. The number of amides is 1. The normalized spacial score (nSPS) is 28.1. The van der Waals surface area contributed by atoms with Crippen LogP contribution in [0, 0.1) is 0 Å². The summed E-state index contributed by atoms with van der Waals surface area (Å²) < 4.78 is 53.2. The smallest absolute Gasteiger partial charge is 0.249 e. The van der Waals surface area contributed by atoms with Gasteiger partial charge in [-0.25, -0.2) is 16.8 Å². The standard InChI is InChI=1S/C12H22N2O6S2/c1-21(16,17)14(10-4-8-22(18,19)9-10)6-5-13-12(15)11-3-2-7-20-11/h10-11H,2-9H2,1H3,(H,13,15). The van der Waals surface area contributed by atoms with E-state index in [4.69, 9.17) is 4.74 Å². The monoisotopic (exact) mass is 354 g/mol. The Kier molecular flexibility index (Phi) is 5.46. The molecule has 2 heterocycles. The number of hydrogen-bond acceptors (Lipinski definition) is 6. The van der Waals surface area contributed by atoms with E-state index in [1.54, 1.807) is 0 Å². The third-order valence-corrected chi connectivity index (χ3v) is 6.98. The van der Waals surface area contributed by atoms with Gasteiger partial charge in [-0.15, -0.1) is 0 Å². The summed E-state index contributed by atoms with van der Waals surface area (Å²) in [5.41, 5.74) is 0. The minimum absolute atomic E-state index is 0.00591. The fraction of sp³-hybridized carbons (Fsp3) is 0.917. The minimum atomic E-state index is -3.53. The summed E-state index contributed by atoms with van der Waals surface area (Å²) >= 11 is 0. The first-order valence-electron chi connectivity index (χ1n) is 7.25. The molecule has 0 aromatic rings. The number of rotatable bonds is 6. The van der Waals surface area contributed by atoms with Crippen LogP contribution in [0.3, 0.4) is 0 Å². The van der Waals surface area contributed by atoms with E-state index in [9.17, 15) is 21.6 Å². The van der Waals surface area contributed by atoms with Gasteiger partial charge in [0.25, 0.3) is 0 Å². The lowest BCUT2D eigenvalue weighted by molar-refractivity contribution is -0.130. The van der Waals surface area contributed by atoms with E-state index < -0.39 is 32.0 Å². The van der Waals surface area contributed by atoms with E-state index in [1.807, 2.05) is 0 Å². The van der Waals surface area contributed by atoms with Gasteiger partial charge in [-0.1, -0.05) is 0 Å². The molecule has 0 saturated carbocycles. The van der Waals surface area contributed by atoms with Gasteiger partial charge in [-0.2, -0.15) is 4.31 Å². The Morgan fingerprint density at radius 2 is 2.09 bits per heavy atom. The molecule has 2 atom stereocenters. The molecule has 0 aromatic carbocycles. The molecule has 22 heavy (non-hydrogen) atoms. The van der Waals surface area contributed by atoms with E-state index in [-0.39, 0.29) is 30.5 Å². The summed E-state index contributed by atoms with van der Waals surface area (Å²) in [4.78, 5) is 11.8. The molecule has 0 bridgehead atoms.